The molecule has 3 rings (SSSR count). The molecule has 5 nitrogen and oxygen atoms in total. The number of aromatic nitrogens is 1. The van der Waals surface area contributed by atoms with Crippen LogP contribution < -0.4 is 10.1 Å². The fraction of sp³-hybridized carbons (Fsp3) is 0.200. The number of nitrogens with one attached hydrogen (secondary N) is 1. The van der Waals surface area contributed by atoms with Crippen molar-refractivity contribution >= 4 is 34.1 Å². The molecule has 0 saturated heterocycles. The molecular weight excluding hydrogens is 350 g/mol. The highest BCUT2D eigenvalue weighted by atomic mass is 35.5. The van der Waals surface area contributed by atoms with E-state index in [9.17, 15) is 4.79 Å². The van der Waals surface area contributed by atoms with E-state index >= 15 is 0 Å². The smallest absolute Gasteiger partial charge is 0.255 e. The summed E-state index contributed by atoms with van der Waals surface area (Å²) in [4.78, 5) is 18.9. The molecule has 0 aliphatic carbocycles. The number of amides is 1. The van der Waals surface area contributed by atoms with Crippen LogP contribution in [0.25, 0.3) is 10.9 Å². The van der Waals surface area contributed by atoms with Crippen LogP contribution >= 0.6 is 11.6 Å². The van der Waals surface area contributed by atoms with Crippen LogP contribution in [0.4, 0.5) is 5.69 Å². The molecule has 0 fully saturated rings. The molecule has 1 amide bonds. The summed E-state index contributed by atoms with van der Waals surface area (Å²) in [6.45, 7) is 1.43. The Bertz CT molecular complexity index is 911. The molecule has 1 N–H and O–H groups in total. The predicted octanol–water partition coefficient (Wildman–Crippen LogP) is 4.08. The number of likely N-dealkylation sites (N-methyl/N-ethyl adjacent to an activating group) is 1. The maximum Gasteiger partial charge on any atom is 0.255 e. The Hall–Kier alpha value is -2.63. The first-order valence-corrected chi connectivity index (χ1v) is 8.64. The second-order valence-corrected chi connectivity index (χ2v) is 6.53. The van der Waals surface area contributed by atoms with Crippen molar-refractivity contribution in [2.75, 3.05) is 32.6 Å². The average molecular weight is 370 g/mol. The van der Waals surface area contributed by atoms with Crippen molar-refractivity contribution < 1.29 is 9.53 Å². The lowest BCUT2D eigenvalue weighted by molar-refractivity contribution is 0.102. The zero-order valence-electron chi connectivity index (χ0n) is 14.7. The second-order valence-electron chi connectivity index (χ2n) is 6.12. The molecule has 0 aliphatic rings. The summed E-state index contributed by atoms with van der Waals surface area (Å²) in [6.07, 6.45) is 1.68. The lowest BCUT2D eigenvalue weighted by atomic mass is 10.1. The topological polar surface area (TPSA) is 54.5 Å². The van der Waals surface area contributed by atoms with Gasteiger partial charge in [-0.25, -0.2) is 0 Å². The number of fused-ring (bicyclic) bond motifs is 1. The summed E-state index contributed by atoms with van der Waals surface area (Å²) in [5, 5.41) is 4.28. The molecule has 6 heteroatoms. The summed E-state index contributed by atoms with van der Waals surface area (Å²) in [6, 6.07) is 14.3. The summed E-state index contributed by atoms with van der Waals surface area (Å²) in [5.41, 5.74) is 1.89. The minimum atomic E-state index is -0.197. The monoisotopic (exact) mass is 369 g/mol. The van der Waals surface area contributed by atoms with Gasteiger partial charge in [0.2, 0.25) is 0 Å². The third-order valence-electron chi connectivity index (χ3n) is 3.89. The van der Waals surface area contributed by atoms with Crippen molar-refractivity contribution in [2.24, 2.45) is 0 Å². The highest BCUT2D eigenvalue weighted by Gasteiger charge is 2.10. The molecule has 0 bridgehead atoms. The van der Waals surface area contributed by atoms with Gasteiger partial charge in [-0.15, -0.1) is 0 Å². The SMILES string of the molecule is CN(C)CCOc1ccc(C(=O)Nc2ccc(Cl)c3ncccc23)cc1. The van der Waals surface area contributed by atoms with Gasteiger partial charge in [0, 0.05) is 23.7 Å². The third-order valence-corrected chi connectivity index (χ3v) is 4.20. The van der Waals surface area contributed by atoms with Crippen LogP contribution in [-0.2, 0) is 0 Å². The van der Waals surface area contributed by atoms with Gasteiger partial charge in [0.25, 0.3) is 5.91 Å². The number of rotatable bonds is 6. The van der Waals surface area contributed by atoms with Gasteiger partial charge in [-0.3, -0.25) is 9.78 Å². The summed E-state index contributed by atoms with van der Waals surface area (Å²) in [5.74, 6) is 0.543. The molecule has 1 aromatic heterocycles. The first-order valence-electron chi connectivity index (χ1n) is 8.27. The lowest BCUT2D eigenvalue weighted by Crippen LogP contribution is -2.19. The molecule has 2 aromatic carbocycles. The first kappa shape index (κ1) is 18.2. The molecule has 0 radical (unpaired) electrons. The van der Waals surface area contributed by atoms with Crippen molar-refractivity contribution in [3.8, 4) is 5.75 Å². The van der Waals surface area contributed by atoms with E-state index in [-0.39, 0.29) is 5.91 Å². The van der Waals surface area contributed by atoms with Gasteiger partial charge in [0.1, 0.15) is 12.4 Å². The molecule has 134 valence electrons. The zero-order chi connectivity index (χ0) is 18.5. The van der Waals surface area contributed by atoms with Crippen molar-refractivity contribution in [1.82, 2.24) is 9.88 Å². The minimum Gasteiger partial charge on any atom is -0.492 e. The van der Waals surface area contributed by atoms with E-state index in [1.54, 1.807) is 42.6 Å². The summed E-state index contributed by atoms with van der Waals surface area (Å²) < 4.78 is 5.64. The minimum absolute atomic E-state index is 0.197. The zero-order valence-corrected chi connectivity index (χ0v) is 15.5. The van der Waals surface area contributed by atoms with Crippen LogP contribution in [0.1, 0.15) is 10.4 Å². The second kappa shape index (κ2) is 8.17. The molecule has 26 heavy (non-hydrogen) atoms. The molecule has 0 saturated carbocycles. The number of pyridine rings is 1. The van der Waals surface area contributed by atoms with Gasteiger partial charge < -0.3 is 15.0 Å². The van der Waals surface area contributed by atoms with E-state index in [2.05, 4.69) is 10.3 Å². The van der Waals surface area contributed by atoms with E-state index in [4.69, 9.17) is 16.3 Å². The van der Waals surface area contributed by atoms with Gasteiger partial charge in [0.05, 0.1) is 16.2 Å². The van der Waals surface area contributed by atoms with E-state index in [0.29, 0.717) is 28.4 Å². The van der Waals surface area contributed by atoms with E-state index in [0.717, 1.165) is 17.7 Å². The van der Waals surface area contributed by atoms with Crippen LogP contribution in [0, 0.1) is 0 Å². The third kappa shape index (κ3) is 4.31. The quantitative estimate of drug-likeness (QED) is 0.711. The van der Waals surface area contributed by atoms with Crippen LogP contribution in [-0.4, -0.2) is 43.0 Å². The average Bonchev–Trinajstić information content (AvgIpc) is 2.64. The number of anilines is 1. The maximum atomic E-state index is 12.5. The Balaban J connectivity index is 1.72. The van der Waals surface area contributed by atoms with E-state index in [1.807, 2.05) is 31.1 Å². The van der Waals surface area contributed by atoms with E-state index in [1.165, 1.54) is 0 Å². The molecule has 0 aliphatic heterocycles. The van der Waals surface area contributed by atoms with Gasteiger partial charge >= 0.3 is 0 Å². The first-order chi connectivity index (χ1) is 12.5. The van der Waals surface area contributed by atoms with Gasteiger partial charge in [-0.2, -0.15) is 0 Å². The number of hydrogen-bond acceptors (Lipinski definition) is 4. The molecule has 0 spiro atoms. The van der Waals surface area contributed by atoms with E-state index < -0.39 is 0 Å². The predicted molar refractivity (Wildman–Crippen MR) is 105 cm³/mol. The highest BCUT2D eigenvalue weighted by molar-refractivity contribution is 6.35. The van der Waals surface area contributed by atoms with Gasteiger partial charge in [-0.1, -0.05) is 11.6 Å². The summed E-state index contributed by atoms with van der Waals surface area (Å²) >= 11 is 6.17. The fourth-order valence-corrected chi connectivity index (χ4v) is 2.70. The Morgan fingerprint density at radius 3 is 2.65 bits per heavy atom. The largest absolute Gasteiger partial charge is 0.492 e. The van der Waals surface area contributed by atoms with Crippen LogP contribution in [0.5, 0.6) is 5.75 Å². The van der Waals surface area contributed by atoms with Crippen molar-refractivity contribution in [2.45, 2.75) is 0 Å². The number of halogens is 1. The van der Waals surface area contributed by atoms with Crippen molar-refractivity contribution in [3.05, 3.63) is 65.3 Å². The standard InChI is InChI=1S/C20H20ClN3O2/c1-24(2)12-13-26-15-7-5-14(6-8-15)20(25)23-18-10-9-17(21)19-16(18)4-3-11-22-19/h3-11H,12-13H2,1-2H3,(H,23,25). The Morgan fingerprint density at radius 2 is 1.92 bits per heavy atom. The maximum absolute atomic E-state index is 12.5. The molecular formula is C20H20ClN3O2. The number of nitrogens with zero attached hydrogens (tertiary/aromatic N) is 2. The fourth-order valence-electron chi connectivity index (χ4n) is 2.49. The Morgan fingerprint density at radius 1 is 1.15 bits per heavy atom. The van der Waals surface area contributed by atoms with Gasteiger partial charge in [0.15, 0.2) is 0 Å². The number of carbonyl (C=O) groups is 1. The molecule has 0 atom stereocenters. The Kier molecular flexibility index (Phi) is 5.71. The number of hydrogen-bond donors (Lipinski definition) is 1. The van der Waals surface area contributed by atoms with Crippen LogP contribution in [0.3, 0.4) is 0 Å². The summed E-state index contributed by atoms with van der Waals surface area (Å²) in [7, 11) is 3.99. The molecule has 1 heterocycles. The number of benzene rings is 2. The van der Waals surface area contributed by atoms with Gasteiger partial charge in [-0.05, 0) is 62.6 Å². The number of carbonyl (C=O) groups excluding carboxylic acids is 1. The Labute approximate surface area is 157 Å². The van der Waals surface area contributed by atoms with Crippen molar-refractivity contribution in [1.29, 1.82) is 0 Å². The lowest BCUT2D eigenvalue weighted by Gasteiger charge is -2.12. The van der Waals surface area contributed by atoms with Crippen LogP contribution in [0.15, 0.2) is 54.7 Å². The normalized spacial score (nSPS) is 10.9. The van der Waals surface area contributed by atoms with Crippen molar-refractivity contribution in [3.63, 3.8) is 0 Å². The number of ether oxygens (including phenoxy) is 1. The molecule has 0 unspecified atom stereocenters. The highest BCUT2D eigenvalue weighted by Crippen LogP contribution is 2.28. The van der Waals surface area contributed by atoms with Crippen LogP contribution in [0.2, 0.25) is 5.02 Å². The molecule has 3 aromatic rings.